The van der Waals surface area contributed by atoms with Crippen LogP contribution in [0.5, 0.6) is 5.75 Å². The molecule has 1 aromatic heterocycles. The minimum Gasteiger partial charge on any atom is -0.487 e. The molecule has 0 aliphatic heterocycles. The number of oxazole rings is 1. The Morgan fingerprint density at radius 3 is 2.73 bits per heavy atom. The van der Waals surface area contributed by atoms with Crippen LogP contribution >= 0.6 is 11.6 Å². The Kier molecular flexibility index (Phi) is 4.08. The van der Waals surface area contributed by atoms with Crippen LogP contribution in [-0.2, 0) is 6.61 Å². The van der Waals surface area contributed by atoms with Gasteiger partial charge in [0.15, 0.2) is 0 Å². The first-order chi connectivity index (χ1) is 10.7. The molecule has 0 bridgehead atoms. The van der Waals surface area contributed by atoms with Gasteiger partial charge < -0.3 is 9.15 Å². The second-order valence-corrected chi connectivity index (χ2v) is 5.02. The first-order valence-corrected chi connectivity index (χ1v) is 6.96. The molecule has 0 aliphatic carbocycles. The van der Waals surface area contributed by atoms with Gasteiger partial charge in [0.2, 0.25) is 5.89 Å². The molecular weight excluding hydrogens is 300 g/mol. The number of benzene rings is 2. The van der Waals surface area contributed by atoms with Crippen LogP contribution in [0.4, 0.5) is 0 Å². The number of hydrogen-bond donors (Lipinski definition) is 0. The molecule has 108 valence electrons. The average Bonchev–Trinajstić information content (AvgIpc) is 3.02. The van der Waals surface area contributed by atoms with Gasteiger partial charge in [-0.05, 0) is 42.5 Å². The number of aromatic nitrogens is 1. The summed E-state index contributed by atoms with van der Waals surface area (Å²) in [5.74, 6) is 1.17. The maximum absolute atomic E-state index is 8.74. The highest BCUT2D eigenvalue weighted by atomic mass is 35.5. The minimum absolute atomic E-state index is 0.288. The van der Waals surface area contributed by atoms with Gasteiger partial charge in [0.1, 0.15) is 24.3 Å². The second-order valence-electron chi connectivity index (χ2n) is 4.58. The van der Waals surface area contributed by atoms with Crippen molar-refractivity contribution in [2.45, 2.75) is 6.61 Å². The van der Waals surface area contributed by atoms with E-state index in [0.29, 0.717) is 27.9 Å². The molecular formula is C17H11ClN2O2. The molecule has 0 N–H and O–H groups in total. The minimum atomic E-state index is 0.288. The van der Waals surface area contributed by atoms with E-state index in [-0.39, 0.29) is 6.61 Å². The van der Waals surface area contributed by atoms with E-state index in [1.54, 1.807) is 42.7 Å². The summed E-state index contributed by atoms with van der Waals surface area (Å²) in [6, 6.07) is 16.3. The van der Waals surface area contributed by atoms with E-state index in [4.69, 9.17) is 26.0 Å². The summed E-state index contributed by atoms with van der Waals surface area (Å²) in [5, 5.41) is 9.37. The summed E-state index contributed by atoms with van der Waals surface area (Å²) in [6.07, 6.45) is 1.56. The molecule has 0 fully saturated rings. The molecule has 0 aliphatic rings. The van der Waals surface area contributed by atoms with E-state index in [2.05, 4.69) is 11.1 Å². The standard InChI is InChI=1S/C17H11ClN2O2/c18-14-3-1-2-13(8-14)17-20-15(11-22-17)10-21-16-6-4-12(9-19)5-7-16/h1-8,11H,10H2. The van der Waals surface area contributed by atoms with Gasteiger partial charge in [-0.3, -0.25) is 0 Å². The van der Waals surface area contributed by atoms with Gasteiger partial charge in [0, 0.05) is 10.6 Å². The first-order valence-electron chi connectivity index (χ1n) is 6.58. The first kappa shape index (κ1) is 14.2. The van der Waals surface area contributed by atoms with E-state index >= 15 is 0 Å². The van der Waals surface area contributed by atoms with Gasteiger partial charge in [-0.25, -0.2) is 4.98 Å². The van der Waals surface area contributed by atoms with Crippen molar-refractivity contribution in [2.75, 3.05) is 0 Å². The van der Waals surface area contributed by atoms with E-state index in [1.807, 2.05) is 12.1 Å². The smallest absolute Gasteiger partial charge is 0.226 e. The zero-order chi connectivity index (χ0) is 15.4. The predicted octanol–water partition coefficient (Wildman–Crippen LogP) is 4.45. The molecule has 3 aromatic rings. The van der Waals surface area contributed by atoms with Crippen LogP contribution in [0.1, 0.15) is 11.3 Å². The molecule has 22 heavy (non-hydrogen) atoms. The van der Waals surface area contributed by atoms with Crippen molar-refractivity contribution in [1.82, 2.24) is 4.98 Å². The third kappa shape index (κ3) is 3.27. The van der Waals surface area contributed by atoms with Gasteiger partial charge in [-0.1, -0.05) is 17.7 Å². The fourth-order valence-electron chi connectivity index (χ4n) is 1.91. The third-order valence-corrected chi connectivity index (χ3v) is 3.23. The van der Waals surface area contributed by atoms with Crippen molar-refractivity contribution in [3.63, 3.8) is 0 Å². The molecule has 0 unspecified atom stereocenters. The number of halogens is 1. The lowest BCUT2D eigenvalue weighted by molar-refractivity contribution is 0.301. The van der Waals surface area contributed by atoms with Gasteiger partial charge in [-0.15, -0.1) is 0 Å². The molecule has 0 spiro atoms. The highest BCUT2D eigenvalue weighted by Crippen LogP contribution is 2.22. The van der Waals surface area contributed by atoms with Gasteiger partial charge in [-0.2, -0.15) is 5.26 Å². The van der Waals surface area contributed by atoms with Crippen molar-refractivity contribution < 1.29 is 9.15 Å². The Bertz CT molecular complexity index is 819. The van der Waals surface area contributed by atoms with Crippen LogP contribution in [0.3, 0.4) is 0 Å². The topological polar surface area (TPSA) is 59.0 Å². The number of nitrogens with zero attached hydrogens (tertiary/aromatic N) is 2. The molecule has 0 atom stereocenters. The molecule has 1 heterocycles. The Morgan fingerprint density at radius 1 is 1.18 bits per heavy atom. The summed E-state index contributed by atoms with van der Waals surface area (Å²) in [4.78, 5) is 4.37. The summed E-state index contributed by atoms with van der Waals surface area (Å²) in [6.45, 7) is 0.288. The highest BCUT2D eigenvalue weighted by Gasteiger charge is 2.07. The summed E-state index contributed by atoms with van der Waals surface area (Å²) < 4.78 is 11.0. The quantitative estimate of drug-likeness (QED) is 0.714. The van der Waals surface area contributed by atoms with Gasteiger partial charge in [0.25, 0.3) is 0 Å². The Labute approximate surface area is 132 Å². The molecule has 2 aromatic carbocycles. The van der Waals surface area contributed by atoms with E-state index in [1.165, 1.54) is 0 Å². The fourth-order valence-corrected chi connectivity index (χ4v) is 2.10. The molecule has 0 saturated carbocycles. The van der Waals surface area contributed by atoms with Gasteiger partial charge in [0.05, 0.1) is 11.6 Å². The van der Waals surface area contributed by atoms with Crippen molar-refractivity contribution in [3.8, 4) is 23.3 Å². The number of rotatable bonds is 4. The maximum atomic E-state index is 8.74. The summed E-state index contributed by atoms with van der Waals surface area (Å²) >= 11 is 5.95. The van der Waals surface area contributed by atoms with Crippen LogP contribution in [0, 0.1) is 11.3 Å². The van der Waals surface area contributed by atoms with Crippen LogP contribution < -0.4 is 4.74 Å². The zero-order valence-corrected chi connectivity index (χ0v) is 12.2. The number of nitriles is 1. The second kappa shape index (κ2) is 6.33. The maximum Gasteiger partial charge on any atom is 0.226 e. The molecule has 3 rings (SSSR count). The lowest BCUT2D eigenvalue weighted by Crippen LogP contribution is -1.95. The molecule has 0 amide bonds. The number of ether oxygens (including phenoxy) is 1. The summed E-state index contributed by atoms with van der Waals surface area (Å²) in [7, 11) is 0. The molecule has 4 nitrogen and oxygen atoms in total. The average molecular weight is 311 g/mol. The molecule has 5 heteroatoms. The van der Waals surface area contributed by atoms with Gasteiger partial charge >= 0.3 is 0 Å². The van der Waals surface area contributed by atoms with Crippen LogP contribution in [0.2, 0.25) is 5.02 Å². The monoisotopic (exact) mass is 310 g/mol. The summed E-state index contributed by atoms with van der Waals surface area (Å²) in [5.41, 5.74) is 2.09. The lowest BCUT2D eigenvalue weighted by Gasteiger charge is -2.03. The SMILES string of the molecule is N#Cc1ccc(OCc2coc(-c3cccc(Cl)c3)n2)cc1. The van der Waals surface area contributed by atoms with Crippen molar-refractivity contribution >= 4 is 11.6 Å². The normalized spacial score (nSPS) is 10.2. The Balaban J connectivity index is 1.68. The predicted molar refractivity (Wildman–Crippen MR) is 82.4 cm³/mol. The van der Waals surface area contributed by atoms with E-state index in [0.717, 1.165) is 5.56 Å². The van der Waals surface area contributed by atoms with Crippen molar-refractivity contribution in [1.29, 1.82) is 5.26 Å². The highest BCUT2D eigenvalue weighted by molar-refractivity contribution is 6.30. The Hall–Kier alpha value is -2.77. The fraction of sp³-hybridized carbons (Fsp3) is 0.0588. The van der Waals surface area contributed by atoms with Crippen LogP contribution in [-0.4, -0.2) is 4.98 Å². The molecule has 0 saturated heterocycles. The van der Waals surface area contributed by atoms with E-state index in [9.17, 15) is 0 Å². The molecule has 0 radical (unpaired) electrons. The number of hydrogen-bond acceptors (Lipinski definition) is 4. The Morgan fingerprint density at radius 2 is 2.00 bits per heavy atom. The third-order valence-electron chi connectivity index (χ3n) is 2.99. The van der Waals surface area contributed by atoms with Crippen LogP contribution in [0.15, 0.2) is 59.2 Å². The van der Waals surface area contributed by atoms with E-state index < -0.39 is 0 Å². The van der Waals surface area contributed by atoms with Crippen LogP contribution in [0.25, 0.3) is 11.5 Å². The van der Waals surface area contributed by atoms with Crippen molar-refractivity contribution in [3.05, 3.63) is 71.1 Å². The lowest BCUT2D eigenvalue weighted by atomic mass is 10.2. The largest absolute Gasteiger partial charge is 0.487 e. The zero-order valence-electron chi connectivity index (χ0n) is 11.5. The van der Waals surface area contributed by atoms with Crippen molar-refractivity contribution in [2.24, 2.45) is 0 Å².